The van der Waals surface area contributed by atoms with Crippen LogP contribution in [0.5, 0.6) is 0 Å². The minimum atomic E-state index is -3.55. The molecule has 0 saturated carbocycles. The molecule has 0 radical (unpaired) electrons. The number of sulfonamides is 1. The van der Waals surface area contributed by atoms with Crippen molar-refractivity contribution >= 4 is 21.6 Å². The van der Waals surface area contributed by atoms with Crippen LogP contribution in [0.4, 0.5) is 0 Å². The number of H-pyrrole nitrogens is 1. The zero-order valence-electron chi connectivity index (χ0n) is 8.72. The van der Waals surface area contributed by atoms with E-state index in [0.29, 0.717) is 0 Å². The van der Waals surface area contributed by atoms with Crippen molar-refractivity contribution in [2.45, 2.75) is 11.4 Å². The van der Waals surface area contributed by atoms with Crippen LogP contribution in [0.2, 0.25) is 5.15 Å². The van der Waals surface area contributed by atoms with Gasteiger partial charge < -0.3 is 4.98 Å². The smallest absolute Gasteiger partial charge is 0.241 e. The first kappa shape index (κ1) is 12.1. The Morgan fingerprint density at radius 3 is 2.88 bits per heavy atom. The van der Waals surface area contributed by atoms with Gasteiger partial charge in [-0.1, -0.05) is 11.6 Å². The molecule has 0 atom stereocenters. The summed E-state index contributed by atoms with van der Waals surface area (Å²) in [6, 6.07) is 4.49. The second-order valence-electron chi connectivity index (χ2n) is 3.36. The molecule has 7 heteroatoms. The van der Waals surface area contributed by atoms with E-state index in [1.165, 1.54) is 18.3 Å². The standard InChI is InChI=1S/C10H10ClN3O2S/c11-10-5-9(2-4-13-10)17(15,16)14-7-8-1-3-12-6-8/h1-6,12,14H,7H2. The van der Waals surface area contributed by atoms with Crippen molar-refractivity contribution in [1.29, 1.82) is 0 Å². The first-order chi connectivity index (χ1) is 8.08. The number of nitrogens with one attached hydrogen (secondary N) is 2. The first-order valence-electron chi connectivity index (χ1n) is 4.81. The van der Waals surface area contributed by atoms with Crippen LogP contribution in [-0.4, -0.2) is 18.4 Å². The molecular weight excluding hydrogens is 262 g/mol. The Morgan fingerprint density at radius 1 is 1.41 bits per heavy atom. The molecule has 0 aliphatic rings. The van der Waals surface area contributed by atoms with Crippen LogP contribution in [0.15, 0.2) is 41.7 Å². The van der Waals surface area contributed by atoms with E-state index in [9.17, 15) is 8.42 Å². The molecule has 0 bridgehead atoms. The fourth-order valence-electron chi connectivity index (χ4n) is 1.28. The van der Waals surface area contributed by atoms with E-state index in [1.807, 2.05) is 0 Å². The van der Waals surface area contributed by atoms with Gasteiger partial charge in [0, 0.05) is 25.1 Å². The van der Waals surface area contributed by atoms with Gasteiger partial charge in [-0.15, -0.1) is 0 Å². The predicted octanol–water partition coefficient (Wildman–Crippen LogP) is 1.54. The zero-order valence-corrected chi connectivity index (χ0v) is 10.3. The highest BCUT2D eigenvalue weighted by atomic mass is 35.5. The van der Waals surface area contributed by atoms with E-state index < -0.39 is 10.0 Å². The predicted molar refractivity (Wildman–Crippen MR) is 64.1 cm³/mol. The fraction of sp³-hybridized carbons (Fsp3) is 0.100. The largest absolute Gasteiger partial charge is 0.367 e. The third-order valence-electron chi connectivity index (χ3n) is 2.14. The van der Waals surface area contributed by atoms with E-state index in [2.05, 4.69) is 14.7 Å². The Labute approximate surface area is 104 Å². The molecule has 0 aliphatic heterocycles. The molecule has 2 aromatic rings. The number of halogens is 1. The van der Waals surface area contributed by atoms with Gasteiger partial charge >= 0.3 is 0 Å². The third-order valence-corrected chi connectivity index (χ3v) is 3.74. The van der Waals surface area contributed by atoms with Crippen LogP contribution in [-0.2, 0) is 16.6 Å². The van der Waals surface area contributed by atoms with Gasteiger partial charge in [0.15, 0.2) is 0 Å². The number of aromatic nitrogens is 2. The first-order valence-corrected chi connectivity index (χ1v) is 6.67. The molecule has 0 aliphatic carbocycles. The molecule has 0 spiro atoms. The van der Waals surface area contributed by atoms with E-state index in [-0.39, 0.29) is 16.6 Å². The van der Waals surface area contributed by atoms with E-state index in [1.54, 1.807) is 18.5 Å². The zero-order chi connectivity index (χ0) is 12.3. The quantitative estimate of drug-likeness (QED) is 0.829. The van der Waals surface area contributed by atoms with Crippen molar-refractivity contribution in [1.82, 2.24) is 14.7 Å². The molecule has 17 heavy (non-hydrogen) atoms. The van der Waals surface area contributed by atoms with Crippen molar-refractivity contribution in [2.75, 3.05) is 0 Å². The average molecular weight is 272 g/mol. The van der Waals surface area contributed by atoms with Gasteiger partial charge in [-0.25, -0.2) is 18.1 Å². The molecular formula is C10H10ClN3O2S. The maximum Gasteiger partial charge on any atom is 0.241 e. The monoisotopic (exact) mass is 271 g/mol. The molecule has 2 aromatic heterocycles. The van der Waals surface area contributed by atoms with Crippen LogP contribution >= 0.6 is 11.6 Å². The van der Waals surface area contributed by atoms with Crippen LogP contribution in [0.25, 0.3) is 0 Å². The number of hydrogen-bond acceptors (Lipinski definition) is 3. The molecule has 0 aromatic carbocycles. The summed E-state index contributed by atoms with van der Waals surface area (Å²) < 4.78 is 26.2. The van der Waals surface area contributed by atoms with Crippen LogP contribution in [0.3, 0.4) is 0 Å². The van der Waals surface area contributed by atoms with E-state index in [4.69, 9.17) is 11.6 Å². The summed E-state index contributed by atoms with van der Waals surface area (Å²) in [5.41, 5.74) is 0.855. The minimum Gasteiger partial charge on any atom is -0.367 e. The van der Waals surface area contributed by atoms with Gasteiger partial charge in [0.05, 0.1) is 4.90 Å². The molecule has 2 rings (SSSR count). The number of rotatable bonds is 4. The molecule has 2 N–H and O–H groups in total. The second kappa shape index (κ2) is 4.87. The lowest BCUT2D eigenvalue weighted by Gasteiger charge is -2.05. The molecule has 0 fully saturated rings. The number of aromatic amines is 1. The SMILES string of the molecule is O=S(=O)(NCc1cc[nH]c1)c1ccnc(Cl)c1. The third kappa shape index (κ3) is 3.06. The summed E-state index contributed by atoms with van der Waals surface area (Å²) in [4.78, 5) is 6.69. The highest BCUT2D eigenvalue weighted by Gasteiger charge is 2.14. The Morgan fingerprint density at radius 2 is 2.24 bits per heavy atom. The van der Waals surface area contributed by atoms with Gasteiger partial charge in [0.1, 0.15) is 5.15 Å². The summed E-state index contributed by atoms with van der Waals surface area (Å²) in [6.07, 6.45) is 4.81. The van der Waals surface area contributed by atoms with Crippen LogP contribution in [0.1, 0.15) is 5.56 Å². The second-order valence-corrected chi connectivity index (χ2v) is 5.51. The molecule has 0 unspecified atom stereocenters. The summed E-state index contributed by atoms with van der Waals surface area (Å²) in [7, 11) is -3.55. The Hall–Kier alpha value is -1.37. The molecule has 2 heterocycles. The van der Waals surface area contributed by atoms with E-state index in [0.717, 1.165) is 5.56 Å². The van der Waals surface area contributed by atoms with Gasteiger partial charge in [-0.2, -0.15) is 0 Å². The lowest BCUT2D eigenvalue weighted by Crippen LogP contribution is -2.23. The lowest BCUT2D eigenvalue weighted by molar-refractivity contribution is 0.581. The number of pyridine rings is 1. The van der Waals surface area contributed by atoms with Gasteiger partial charge in [-0.05, 0) is 23.8 Å². The summed E-state index contributed by atoms with van der Waals surface area (Å²) in [5, 5.41) is 0.148. The Balaban J connectivity index is 2.14. The molecule has 90 valence electrons. The topological polar surface area (TPSA) is 74.8 Å². The lowest BCUT2D eigenvalue weighted by atomic mass is 10.4. The molecule has 5 nitrogen and oxygen atoms in total. The normalized spacial score (nSPS) is 11.6. The fourth-order valence-corrected chi connectivity index (χ4v) is 2.55. The van der Waals surface area contributed by atoms with Gasteiger partial charge in [0.2, 0.25) is 10.0 Å². The molecule has 0 saturated heterocycles. The maximum atomic E-state index is 11.9. The maximum absolute atomic E-state index is 11.9. The number of nitrogens with zero attached hydrogens (tertiary/aromatic N) is 1. The Bertz CT molecular complexity index is 596. The van der Waals surface area contributed by atoms with Crippen molar-refractivity contribution in [2.24, 2.45) is 0 Å². The highest BCUT2D eigenvalue weighted by Crippen LogP contribution is 2.13. The van der Waals surface area contributed by atoms with Crippen molar-refractivity contribution in [3.63, 3.8) is 0 Å². The summed E-state index contributed by atoms with van der Waals surface area (Å²) in [6.45, 7) is 0.228. The minimum absolute atomic E-state index is 0.105. The van der Waals surface area contributed by atoms with Crippen LogP contribution < -0.4 is 4.72 Å². The average Bonchev–Trinajstić information content (AvgIpc) is 2.79. The van der Waals surface area contributed by atoms with Gasteiger partial charge in [0.25, 0.3) is 0 Å². The summed E-state index contributed by atoms with van der Waals surface area (Å²) >= 11 is 5.64. The Kier molecular flexibility index (Phi) is 3.46. The number of hydrogen-bond donors (Lipinski definition) is 2. The summed E-state index contributed by atoms with van der Waals surface area (Å²) in [5.74, 6) is 0. The molecule has 0 amide bonds. The van der Waals surface area contributed by atoms with Crippen LogP contribution in [0, 0.1) is 0 Å². The van der Waals surface area contributed by atoms with E-state index >= 15 is 0 Å². The van der Waals surface area contributed by atoms with Gasteiger partial charge in [-0.3, -0.25) is 0 Å². The van der Waals surface area contributed by atoms with Crippen molar-refractivity contribution in [3.8, 4) is 0 Å². The highest BCUT2D eigenvalue weighted by molar-refractivity contribution is 7.89. The van der Waals surface area contributed by atoms with Crippen molar-refractivity contribution < 1.29 is 8.42 Å². The van der Waals surface area contributed by atoms with Crippen molar-refractivity contribution in [3.05, 3.63) is 47.5 Å².